The molecule has 0 aromatic heterocycles. The number of ether oxygens (including phenoxy) is 1. The van der Waals surface area contributed by atoms with Gasteiger partial charge >= 0.3 is 5.97 Å². The third-order valence-electron chi connectivity index (χ3n) is 2.30. The van der Waals surface area contributed by atoms with Crippen LogP contribution in [0.25, 0.3) is 0 Å². The van der Waals surface area contributed by atoms with Gasteiger partial charge in [-0.2, -0.15) is 0 Å². The van der Waals surface area contributed by atoms with E-state index in [1.54, 1.807) is 24.3 Å². The maximum absolute atomic E-state index is 11.5. The summed E-state index contributed by atoms with van der Waals surface area (Å²) in [5.74, 6) is 0.154. The lowest BCUT2D eigenvalue weighted by molar-refractivity contribution is 0.0447. The highest BCUT2D eigenvalue weighted by molar-refractivity contribution is 7.80. The van der Waals surface area contributed by atoms with Crippen LogP contribution in [0.5, 0.6) is 0 Å². The van der Waals surface area contributed by atoms with Crippen molar-refractivity contribution in [2.75, 3.05) is 6.61 Å². The van der Waals surface area contributed by atoms with Crippen LogP contribution in [0, 0.1) is 5.92 Å². The molecule has 1 atom stereocenters. The predicted octanol–water partition coefficient (Wildman–Crippen LogP) is 3.18. The van der Waals surface area contributed by atoms with E-state index in [0.717, 1.165) is 11.3 Å². The zero-order valence-corrected chi connectivity index (χ0v) is 9.96. The van der Waals surface area contributed by atoms with Gasteiger partial charge in [0.25, 0.3) is 0 Å². The fraction of sp³-hybridized carbons (Fsp3) is 0.417. The molecule has 1 aromatic rings. The van der Waals surface area contributed by atoms with Crippen molar-refractivity contribution in [3.8, 4) is 0 Å². The summed E-state index contributed by atoms with van der Waals surface area (Å²) in [6.45, 7) is 4.62. The number of hydrogen-bond acceptors (Lipinski definition) is 3. The zero-order valence-electron chi connectivity index (χ0n) is 9.06. The van der Waals surface area contributed by atoms with Crippen molar-refractivity contribution < 1.29 is 9.53 Å². The molecule has 0 spiro atoms. The van der Waals surface area contributed by atoms with Gasteiger partial charge < -0.3 is 4.74 Å². The first kappa shape index (κ1) is 12.1. The van der Waals surface area contributed by atoms with Gasteiger partial charge in [-0.1, -0.05) is 20.3 Å². The largest absolute Gasteiger partial charge is 0.462 e. The highest BCUT2D eigenvalue weighted by Crippen LogP contribution is 2.10. The van der Waals surface area contributed by atoms with E-state index in [4.69, 9.17) is 4.74 Å². The van der Waals surface area contributed by atoms with E-state index in [1.807, 2.05) is 0 Å². The van der Waals surface area contributed by atoms with Crippen molar-refractivity contribution in [3.63, 3.8) is 0 Å². The van der Waals surface area contributed by atoms with Gasteiger partial charge in [-0.3, -0.25) is 0 Å². The molecule has 3 heteroatoms. The molecule has 82 valence electrons. The quantitative estimate of drug-likeness (QED) is 0.628. The molecule has 0 aliphatic heterocycles. The fourth-order valence-corrected chi connectivity index (χ4v) is 1.17. The number of esters is 1. The second-order valence-electron chi connectivity index (χ2n) is 3.66. The van der Waals surface area contributed by atoms with Crippen LogP contribution in [0.2, 0.25) is 0 Å². The second kappa shape index (κ2) is 5.81. The summed E-state index contributed by atoms with van der Waals surface area (Å²) >= 11 is 4.15. The van der Waals surface area contributed by atoms with E-state index in [0.29, 0.717) is 18.1 Å². The average molecular weight is 224 g/mol. The van der Waals surface area contributed by atoms with Gasteiger partial charge in [0.15, 0.2) is 0 Å². The molecule has 2 nitrogen and oxygen atoms in total. The molecule has 0 bridgehead atoms. The minimum absolute atomic E-state index is 0.261. The summed E-state index contributed by atoms with van der Waals surface area (Å²) in [7, 11) is 0. The first-order valence-corrected chi connectivity index (χ1v) is 5.54. The Morgan fingerprint density at radius 2 is 2.00 bits per heavy atom. The van der Waals surface area contributed by atoms with Crippen LogP contribution in [0.15, 0.2) is 29.2 Å². The maximum Gasteiger partial charge on any atom is 0.338 e. The number of carbonyl (C=O) groups excluding carboxylic acids is 1. The zero-order chi connectivity index (χ0) is 11.3. The lowest BCUT2D eigenvalue weighted by atomic mass is 10.1. The smallest absolute Gasteiger partial charge is 0.338 e. The molecule has 0 saturated heterocycles. The van der Waals surface area contributed by atoms with Crippen molar-refractivity contribution in [1.29, 1.82) is 0 Å². The van der Waals surface area contributed by atoms with Crippen LogP contribution in [0.3, 0.4) is 0 Å². The van der Waals surface area contributed by atoms with Crippen LogP contribution in [0.4, 0.5) is 0 Å². The molecule has 1 unspecified atom stereocenters. The Morgan fingerprint density at radius 3 is 2.53 bits per heavy atom. The first-order chi connectivity index (χ1) is 7.13. The minimum Gasteiger partial charge on any atom is -0.462 e. The van der Waals surface area contributed by atoms with E-state index in [1.165, 1.54) is 0 Å². The Hall–Kier alpha value is -0.960. The fourth-order valence-electron chi connectivity index (χ4n) is 1.02. The van der Waals surface area contributed by atoms with Crippen molar-refractivity contribution in [2.45, 2.75) is 25.2 Å². The third kappa shape index (κ3) is 3.96. The number of rotatable bonds is 4. The summed E-state index contributed by atoms with van der Waals surface area (Å²) in [4.78, 5) is 12.4. The Kier molecular flexibility index (Phi) is 4.69. The van der Waals surface area contributed by atoms with Gasteiger partial charge in [0.2, 0.25) is 0 Å². The van der Waals surface area contributed by atoms with Gasteiger partial charge in [0, 0.05) is 4.90 Å². The summed E-state index contributed by atoms with van der Waals surface area (Å²) in [5.41, 5.74) is 0.580. The van der Waals surface area contributed by atoms with E-state index in [9.17, 15) is 4.79 Å². The molecule has 0 aliphatic carbocycles. The van der Waals surface area contributed by atoms with E-state index in [-0.39, 0.29) is 5.97 Å². The van der Waals surface area contributed by atoms with Crippen LogP contribution in [-0.4, -0.2) is 12.6 Å². The molecular formula is C12H16O2S. The van der Waals surface area contributed by atoms with E-state index < -0.39 is 0 Å². The molecule has 0 saturated carbocycles. The maximum atomic E-state index is 11.5. The molecule has 0 amide bonds. The number of hydrogen-bond donors (Lipinski definition) is 1. The summed E-state index contributed by atoms with van der Waals surface area (Å²) in [5, 5.41) is 0. The van der Waals surface area contributed by atoms with Crippen molar-refractivity contribution >= 4 is 18.6 Å². The number of carbonyl (C=O) groups is 1. The standard InChI is InChI=1S/C12H16O2S/c1-3-9(2)8-14-12(13)10-4-6-11(15)7-5-10/h4-7,9,15H,3,8H2,1-2H3. The van der Waals surface area contributed by atoms with Gasteiger partial charge in [-0.05, 0) is 30.2 Å². The molecule has 0 radical (unpaired) electrons. The van der Waals surface area contributed by atoms with Crippen LogP contribution in [-0.2, 0) is 4.74 Å². The highest BCUT2D eigenvalue weighted by atomic mass is 32.1. The van der Waals surface area contributed by atoms with Gasteiger partial charge in [0.05, 0.1) is 12.2 Å². The van der Waals surface area contributed by atoms with Crippen LogP contribution >= 0.6 is 12.6 Å². The monoisotopic (exact) mass is 224 g/mol. The highest BCUT2D eigenvalue weighted by Gasteiger charge is 2.08. The molecule has 0 aliphatic rings. The Balaban J connectivity index is 2.50. The van der Waals surface area contributed by atoms with Crippen LogP contribution in [0.1, 0.15) is 30.6 Å². The SMILES string of the molecule is CCC(C)COC(=O)c1ccc(S)cc1. The van der Waals surface area contributed by atoms with Crippen molar-refractivity contribution in [1.82, 2.24) is 0 Å². The summed E-state index contributed by atoms with van der Waals surface area (Å²) in [6, 6.07) is 7.01. The molecule has 1 rings (SSSR count). The molecule has 1 aromatic carbocycles. The molecule has 0 N–H and O–H groups in total. The molecule has 0 fully saturated rings. The van der Waals surface area contributed by atoms with Crippen LogP contribution < -0.4 is 0 Å². The minimum atomic E-state index is -0.261. The van der Waals surface area contributed by atoms with E-state index in [2.05, 4.69) is 26.5 Å². The normalized spacial score (nSPS) is 12.2. The van der Waals surface area contributed by atoms with Crippen molar-refractivity contribution in [2.24, 2.45) is 5.92 Å². The second-order valence-corrected chi connectivity index (χ2v) is 4.18. The Labute approximate surface area is 96.1 Å². The average Bonchev–Trinajstić information content (AvgIpc) is 2.26. The van der Waals surface area contributed by atoms with Gasteiger partial charge in [-0.25, -0.2) is 4.79 Å². The third-order valence-corrected chi connectivity index (χ3v) is 2.60. The molecule has 15 heavy (non-hydrogen) atoms. The van der Waals surface area contributed by atoms with Crippen molar-refractivity contribution in [3.05, 3.63) is 29.8 Å². The van der Waals surface area contributed by atoms with Gasteiger partial charge in [-0.15, -0.1) is 12.6 Å². The number of benzene rings is 1. The molecule has 0 heterocycles. The topological polar surface area (TPSA) is 26.3 Å². The first-order valence-electron chi connectivity index (χ1n) is 5.09. The number of thiol groups is 1. The van der Waals surface area contributed by atoms with E-state index >= 15 is 0 Å². The lowest BCUT2D eigenvalue weighted by Gasteiger charge is -2.09. The summed E-state index contributed by atoms with van der Waals surface area (Å²) < 4.78 is 5.16. The predicted molar refractivity (Wildman–Crippen MR) is 63.4 cm³/mol. The molecular weight excluding hydrogens is 208 g/mol. The summed E-state index contributed by atoms with van der Waals surface area (Å²) in [6.07, 6.45) is 1.02. The van der Waals surface area contributed by atoms with Gasteiger partial charge in [0.1, 0.15) is 0 Å². The lowest BCUT2D eigenvalue weighted by Crippen LogP contribution is -2.11. The Morgan fingerprint density at radius 1 is 1.40 bits per heavy atom. The Bertz CT molecular complexity index is 319.